The molecular weight excluding hydrogens is 676 g/mol. The molecule has 0 spiro atoms. The first-order chi connectivity index (χ1) is 24.1. The van der Waals surface area contributed by atoms with Crippen molar-refractivity contribution in [3.8, 4) is 0 Å². The number of hydrogen-bond acceptors (Lipinski definition) is 8. The Balaban J connectivity index is 1.25. The van der Waals surface area contributed by atoms with Crippen LogP contribution in [-0.2, 0) is 42.1 Å². The molecule has 5 atom stereocenters. The molecule has 0 aromatic heterocycles. The van der Waals surface area contributed by atoms with Gasteiger partial charge in [0.15, 0.2) is 0 Å². The minimum atomic E-state index is -3.89. The number of rotatable bonds is 5. The molecule has 5 aliphatic rings. The van der Waals surface area contributed by atoms with Gasteiger partial charge in [0.25, 0.3) is 5.91 Å². The second-order valence-electron chi connectivity index (χ2n) is 15.6. The molecule has 51 heavy (non-hydrogen) atoms. The molecule has 1 aromatic carbocycles. The first-order valence-corrected chi connectivity index (χ1v) is 19.7. The lowest BCUT2D eigenvalue weighted by atomic mass is 10.0. The zero-order valence-corrected chi connectivity index (χ0v) is 30.4. The highest BCUT2D eigenvalue weighted by Crippen LogP contribution is 2.46. The summed E-state index contributed by atoms with van der Waals surface area (Å²) in [6, 6.07) is 5.24. The van der Waals surface area contributed by atoms with E-state index in [2.05, 4.69) is 20.7 Å². The van der Waals surface area contributed by atoms with Gasteiger partial charge >= 0.3 is 12.1 Å². The number of ether oxygens (including phenoxy) is 1. The number of urea groups is 1. The summed E-state index contributed by atoms with van der Waals surface area (Å²) in [5.74, 6) is -2.39. The fraction of sp³-hybridized carbons (Fsp3) is 0.639. The zero-order chi connectivity index (χ0) is 36.6. The number of sulfonamides is 1. The Hall–Kier alpha value is -4.14. The van der Waals surface area contributed by atoms with Crippen LogP contribution in [0.5, 0.6) is 0 Å². The Morgan fingerprint density at radius 3 is 2.49 bits per heavy atom. The van der Waals surface area contributed by atoms with Crippen molar-refractivity contribution < 1.29 is 37.1 Å². The van der Waals surface area contributed by atoms with E-state index in [0.717, 1.165) is 18.4 Å². The van der Waals surface area contributed by atoms with Crippen LogP contribution in [0.15, 0.2) is 36.4 Å². The molecular formula is C36H50N6O8S. The van der Waals surface area contributed by atoms with Crippen LogP contribution in [-0.4, -0.2) is 95.7 Å². The van der Waals surface area contributed by atoms with Gasteiger partial charge in [-0.3, -0.25) is 19.1 Å². The molecule has 278 valence electrons. The van der Waals surface area contributed by atoms with Crippen molar-refractivity contribution >= 4 is 39.9 Å². The molecule has 6 amide bonds. The minimum absolute atomic E-state index is 0.0345. The normalized spacial score (nSPS) is 29.2. The number of benzene rings is 1. The molecule has 3 fully saturated rings. The fourth-order valence-corrected chi connectivity index (χ4v) is 8.61. The third-order valence-corrected chi connectivity index (χ3v) is 12.1. The molecule has 0 radical (unpaired) electrons. The summed E-state index contributed by atoms with van der Waals surface area (Å²) in [7, 11) is -3.89. The molecule has 2 saturated carbocycles. The quantitative estimate of drug-likeness (QED) is 0.334. The van der Waals surface area contributed by atoms with Gasteiger partial charge in [0.05, 0.1) is 11.8 Å². The van der Waals surface area contributed by atoms with Crippen LogP contribution in [0.25, 0.3) is 0 Å². The van der Waals surface area contributed by atoms with E-state index in [0.29, 0.717) is 51.6 Å². The van der Waals surface area contributed by atoms with Crippen molar-refractivity contribution in [2.24, 2.45) is 5.92 Å². The van der Waals surface area contributed by atoms with Crippen LogP contribution in [0.3, 0.4) is 0 Å². The Labute approximate surface area is 299 Å². The van der Waals surface area contributed by atoms with Gasteiger partial charge in [0.2, 0.25) is 21.8 Å². The maximum Gasteiger partial charge on any atom is 0.410 e. The average Bonchev–Trinajstić information content (AvgIpc) is 3.99. The first kappa shape index (κ1) is 36.6. The van der Waals surface area contributed by atoms with Gasteiger partial charge in [-0.15, -0.1) is 0 Å². The van der Waals surface area contributed by atoms with Crippen LogP contribution in [0.2, 0.25) is 0 Å². The van der Waals surface area contributed by atoms with Crippen molar-refractivity contribution in [1.82, 2.24) is 30.5 Å². The van der Waals surface area contributed by atoms with E-state index in [1.54, 1.807) is 4.90 Å². The predicted molar refractivity (Wildman–Crippen MR) is 187 cm³/mol. The Bertz CT molecular complexity index is 1690. The number of amides is 6. The number of allylic oxidation sites excluding steroid dienone is 1. The molecule has 0 unspecified atom stereocenters. The summed E-state index contributed by atoms with van der Waals surface area (Å²) >= 11 is 0. The summed E-state index contributed by atoms with van der Waals surface area (Å²) in [4.78, 5) is 71.5. The molecule has 1 saturated heterocycles. The second kappa shape index (κ2) is 14.5. The number of carbonyl (C=O) groups excluding carboxylic acids is 5. The highest BCUT2D eigenvalue weighted by atomic mass is 32.2. The van der Waals surface area contributed by atoms with Crippen molar-refractivity contribution in [3.05, 3.63) is 47.5 Å². The molecule has 3 heterocycles. The van der Waals surface area contributed by atoms with Gasteiger partial charge < -0.3 is 30.5 Å². The largest absolute Gasteiger partial charge is 0.444 e. The van der Waals surface area contributed by atoms with E-state index in [4.69, 9.17) is 4.74 Å². The molecule has 4 N–H and O–H groups in total. The fourth-order valence-electron chi connectivity index (χ4n) is 7.25. The number of carbonyl (C=O) groups is 5. The molecule has 2 aliphatic carbocycles. The van der Waals surface area contributed by atoms with Crippen LogP contribution < -0.4 is 20.7 Å². The lowest BCUT2D eigenvalue weighted by Gasteiger charge is -2.31. The minimum Gasteiger partial charge on any atom is -0.444 e. The molecule has 0 bridgehead atoms. The predicted octanol–water partition coefficient (Wildman–Crippen LogP) is 2.62. The Morgan fingerprint density at radius 2 is 1.76 bits per heavy atom. The number of nitrogens with one attached hydrogen (secondary N) is 4. The molecule has 6 rings (SSSR count). The van der Waals surface area contributed by atoms with E-state index in [9.17, 15) is 32.4 Å². The molecule has 1 aromatic rings. The van der Waals surface area contributed by atoms with Gasteiger partial charge in [-0.1, -0.05) is 49.3 Å². The van der Waals surface area contributed by atoms with E-state index < -0.39 is 80.3 Å². The average molecular weight is 727 g/mol. The highest BCUT2D eigenvalue weighted by molar-refractivity contribution is 7.91. The van der Waals surface area contributed by atoms with E-state index in [1.807, 2.05) is 57.2 Å². The van der Waals surface area contributed by atoms with Crippen molar-refractivity contribution in [1.29, 1.82) is 0 Å². The zero-order valence-electron chi connectivity index (χ0n) is 29.6. The van der Waals surface area contributed by atoms with Gasteiger partial charge in [-0.2, -0.15) is 0 Å². The number of hydrogen-bond donors (Lipinski definition) is 4. The maximum atomic E-state index is 14.3. The summed E-state index contributed by atoms with van der Waals surface area (Å²) < 4.78 is 33.7. The summed E-state index contributed by atoms with van der Waals surface area (Å²) in [5, 5.41) is 7.85. The summed E-state index contributed by atoms with van der Waals surface area (Å²) in [5.41, 5.74) is 0.120. The summed E-state index contributed by atoms with van der Waals surface area (Å²) in [6.45, 7) is 6.22. The van der Waals surface area contributed by atoms with Crippen molar-refractivity contribution in [2.45, 2.75) is 126 Å². The standard InChI is InChI=1S/C36H50N6O8S/c1-35(2,3)39-33(46)37-28-14-8-6-4-5-7-13-25-20-36(25,32(45)40-51(48,49)27-15-16-27)38-30(43)29-19-26(22-42(29)31(28)44)50-34(47)41-18-17-23-11-9-10-12-24(23)21-41/h7,9-13,25-29H,4-6,8,14-22H2,1-3H3,(H,38,43)(H,40,45)(H2,37,39,46)/b13-7-/t25-,26+,28-,29-,36+/m0/s1. The van der Waals surface area contributed by atoms with E-state index >= 15 is 0 Å². The smallest absolute Gasteiger partial charge is 0.410 e. The van der Waals surface area contributed by atoms with Crippen LogP contribution in [0.1, 0.15) is 89.7 Å². The van der Waals surface area contributed by atoms with Crippen molar-refractivity contribution in [3.63, 3.8) is 0 Å². The monoisotopic (exact) mass is 726 g/mol. The number of nitrogens with zero attached hydrogens (tertiary/aromatic N) is 2. The van der Waals surface area contributed by atoms with Crippen LogP contribution in [0.4, 0.5) is 9.59 Å². The van der Waals surface area contributed by atoms with Crippen LogP contribution >= 0.6 is 0 Å². The lowest BCUT2D eigenvalue weighted by Crippen LogP contribution is -2.59. The summed E-state index contributed by atoms with van der Waals surface area (Å²) in [6.07, 6.45) is 7.40. The molecule has 15 heteroatoms. The highest BCUT2D eigenvalue weighted by Gasteiger charge is 2.62. The Kier molecular flexibility index (Phi) is 10.4. The van der Waals surface area contributed by atoms with Gasteiger partial charge in [0, 0.05) is 31.0 Å². The SMILES string of the molecule is CC(C)(C)NC(=O)N[C@H]1CCCCC/C=C\[C@H]2C[C@@]2(C(=O)NS(=O)(=O)C2CC2)NC(=O)[C@@H]2C[C@@H](OC(=O)N3CCc4ccccc4C3)CN2C1=O. The molecule has 14 nitrogen and oxygen atoms in total. The van der Waals surface area contributed by atoms with Gasteiger partial charge in [-0.05, 0) is 76.8 Å². The van der Waals surface area contributed by atoms with Crippen molar-refractivity contribution in [2.75, 3.05) is 13.1 Å². The van der Waals surface area contributed by atoms with Gasteiger partial charge in [0.1, 0.15) is 23.7 Å². The third kappa shape index (κ3) is 8.67. The maximum absolute atomic E-state index is 14.3. The van der Waals surface area contributed by atoms with Gasteiger partial charge in [-0.25, -0.2) is 18.0 Å². The topological polar surface area (TPSA) is 183 Å². The first-order valence-electron chi connectivity index (χ1n) is 18.1. The lowest BCUT2D eigenvalue weighted by molar-refractivity contribution is -0.141. The van der Waals surface area contributed by atoms with Crippen LogP contribution in [0, 0.1) is 5.92 Å². The second-order valence-corrected chi connectivity index (χ2v) is 17.6. The van der Waals surface area contributed by atoms with E-state index in [1.165, 1.54) is 10.5 Å². The number of fused-ring (bicyclic) bond motifs is 3. The molecule has 3 aliphatic heterocycles. The third-order valence-electron chi connectivity index (χ3n) is 10.3. The van der Waals surface area contributed by atoms with E-state index in [-0.39, 0.29) is 19.4 Å². The Morgan fingerprint density at radius 1 is 1.02 bits per heavy atom.